The number of benzene rings is 1. The van der Waals surface area contributed by atoms with Gasteiger partial charge < -0.3 is 10.0 Å². The van der Waals surface area contributed by atoms with Gasteiger partial charge >= 0.3 is 0 Å². The molecule has 0 unspecified atom stereocenters. The quantitative estimate of drug-likeness (QED) is 0.942. The molecule has 3 rings (SSSR count). The first-order chi connectivity index (χ1) is 9.71. The number of aromatic nitrogens is 1. The zero-order valence-electron chi connectivity index (χ0n) is 11.7. The van der Waals surface area contributed by atoms with Crippen molar-refractivity contribution in [3.05, 3.63) is 47.0 Å². The highest BCUT2D eigenvalue weighted by Gasteiger charge is 2.33. The standard InChI is InChI=1S/C16H20N2OS/c1-16(13-6-3-2-4-7-13)8-5-9-18(12-16)15-17-14(10-19)11-20-15/h2-4,6-7,11,19H,5,8-10,12H2,1H3/t16-/m0/s1. The maximum Gasteiger partial charge on any atom is 0.185 e. The van der Waals surface area contributed by atoms with Crippen molar-refractivity contribution in [2.45, 2.75) is 31.8 Å². The van der Waals surface area contributed by atoms with E-state index in [1.807, 2.05) is 5.38 Å². The van der Waals surface area contributed by atoms with Gasteiger partial charge in [-0.3, -0.25) is 0 Å². The van der Waals surface area contributed by atoms with Gasteiger partial charge in [0, 0.05) is 23.9 Å². The molecule has 0 radical (unpaired) electrons. The number of thiazole rings is 1. The molecule has 0 aliphatic carbocycles. The third-order valence-electron chi connectivity index (χ3n) is 4.14. The zero-order chi connectivity index (χ0) is 14.0. The molecule has 106 valence electrons. The molecular weight excluding hydrogens is 268 g/mol. The van der Waals surface area contributed by atoms with Gasteiger partial charge in [-0.25, -0.2) is 4.98 Å². The topological polar surface area (TPSA) is 36.4 Å². The minimum absolute atomic E-state index is 0.0281. The van der Waals surface area contributed by atoms with Gasteiger partial charge in [-0.15, -0.1) is 11.3 Å². The summed E-state index contributed by atoms with van der Waals surface area (Å²) < 4.78 is 0. The number of aliphatic hydroxyl groups excluding tert-OH is 1. The summed E-state index contributed by atoms with van der Waals surface area (Å²) in [6.45, 7) is 4.42. The molecule has 2 heterocycles. The molecule has 0 spiro atoms. The smallest absolute Gasteiger partial charge is 0.185 e. The highest BCUT2D eigenvalue weighted by atomic mass is 32.1. The minimum atomic E-state index is 0.0281. The molecule has 1 fully saturated rings. The van der Waals surface area contributed by atoms with Gasteiger partial charge in [0.15, 0.2) is 5.13 Å². The third kappa shape index (κ3) is 2.58. The fourth-order valence-electron chi connectivity index (χ4n) is 2.99. The van der Waals surface area contributed by atoms with E-state index in [9.17, 15) is 0 Å². The van der Waals surface area contributed by atoms with Crippen molar-refractivity contribution < 1.29 is 5.11 Å². The van der Waals surface area contributed by atoms with Crippen LogP contribution in [0.5, 0.6) is 0 Å². The number of nitrogens with zero attached hydrogens (tertiary/aromatic N) is 2. The van der Waals surface area contributed by atoms with E-state index in [2.05, 4.69) is 47.1 Å². The number of piperidine rings is 1. The molecular formula is C16H20N2OS. The first-order valence-corrected chi connectivity index (χ1v) is 7.95. The van der Waals surface area contributed by atoms with Crippen molar-refractivity contribution in [2.75, 3.05) is 18.0 Å². The summed E-state index contributed by atoms with van der Waals surface area (Å²) in [6, 6.07) is 10.8. The molecule has 3 nitrogen and oxygen atoms in total. The molecule has 4 heteroatoms. The van der Waals surface area contributed by atoms with Crippen molar-refractivity contribution in [2.24, 2.45) is 0 Å². The van der Waals surface area contributed by atoms with Gasteiger partial charge in [0.05, 0.1) is 12.3 Å². The molecule has 1 aromatic carbocycles. The predicted molar refractivity (Wildman–Crippen MR) is 83.3 cm³/mol. The van der Waals surface area contributed by atoms with Crippen molar-refractivity contribution in [1.82, 2.24) is 4.98 Å². The Labute approximate surface area is 123 Å². The van der Waals surface area contributed by atoms with Crippen LogP contribution in [0.15, 0.2) is 35.7 Å². The minimum Gasteiger partial charge on any atom is -0.390 e. The van der Waals surface area contributed by atoms with Gasteiger partial charge in [0.1, 0.15) is 0 Å². The molecule has 1 saturated heterocycles. The van der Waals surface area contributed by atoms with E-state index >= 15 is 0 Å². The summed E-state index contributed by atoms with van der Waals surface area (Å²) in [5.41, 5.74) is 2.37. The van der Waals surface area contributed by atoms with Crippen molar-refractivity contribution in [1.29, 1.82) is 0 Å². The van der Waals surface area contributed by atoms with Crippen LogP contribution in [-0.2, 0) is 12.0 Å². The molecule has 1 aliphatic rings. The van der Waals surface area contributed by atoms with Gasteiger partial charge in [0.25, 0.3) is 0 Å². The molecule has 1 aromatic heterocycles. The highest BCUT2D eigenvalue weighted by molar-refractivity contribution is 7.13. The number of anilines is 1. The van der Waals surface area contributed by atoms with Crippen LogP contribution < -0.4 is 4.90 Å². The van der Waals surface area contributed by atoms with E-state index in [4.69, 9.17) is 5.11 Å². The van der Waals surface area contributed by atoms with Crippen LogP contribution in [0, 0.1) is 0 Å². The monoisotopic (exact) mass is 288 g/mol. The second-order valence-electron chi connectivity index (χ2n) is 5.73. The van der Waals surface area contributed by atoms with Gasteiger partial charge in [-0.1, -0.05) is 37.3 Å². The molecule has 1 atom stereocenters. The van der Waals surface area contributed by atoms with E-state index in [-0.39, 0.29) is 12.0 Å². The Bertz CT molecular complexity index is 569. The summed E-state index contributed by atoms with van der Waals surface area (Å²) >= 11 is 1.63. The lowest BCUT2D eigenvalue weighted by molar-refractivity contribution is 0.277. The number of rotatable bonds is 3. The first-order valence-electron chi connectivity index (χ1n) is 7.07. The van der Waals surface area contributed by atoms with Crippen molar-refractivity contribution >= 4 is 16.5 Å². The number of hydrogen-bond donors (Lipinski definition) is 1. The normalized spacial score (nSPS) is 23.0. The average Bonchev–Trinajstić information content (AvgIpc) is 2.97. The SMILES string of the molecule is C[C@]1(c2ccccc2)CCCN(c2nc(CO)cs2)C1. The Morgan fingerprint density at radius 1 is 1.35 bits per heavy atom. The van der Waals surface area contributed by atoms with Crippen LogP contribution in [0.2, 0.25) is 0 Å². The van der Waals surface area contributed by atoms with Crippen LogP contribution in [0.25, 0.3) is 0 Å². The van der Waals surface area contributed by atoms with Crippen LogP contribution in [0.4, 0.5) is 5.13 Å². The second kappa shape index (κ2) is 5.54. The number of aliphatic hydroxyl groups is 1. The van der Waals surface area contributed by atoms with Crippen LogP contribution in [0.3, 0.4) is 0 Å². The van der Waals surface area contributed by atoms with E-state index in [0.29, 0.717) is 0 Å². The molecule has 0 amide bonds. The number of hydrogen-bond acceptors (Lipinski definition) is 4. The molecule has 1 aliphatic heterocycles. The Kier molecular flexibility index (Phi) is 3.76. The summed E-state index contributed by atoms with van der Waals surface area (Å²) in [6.07, 6.45) is 2.39. The summed E-state index contributed by atoms with van der Waals surface area (Å²) in [5, 5.41) is 12.1. The third-order valence-corrected chi connectivity index (χ3v) is 5.09. The second-order valence-corrected chi connectivity index (χ2v) is 6.57. The molecule has 20 heavy (non-hydrogen) atoms. The highest BCUT2D eigenvalue weighted by Crippen LogP contribution is 2.36. The molecule has 1 N–H and O–H groups in total. The van der Waals surface area contributed by atoms with E-state index in [0.717, 1.165) is 23.9 Å². The Hall–Kier alpha value is -1.39. The fraction of sp³-hybridized carbons (Fsp3) is 0.438. The lowest BCUT2D eigenvalue weighted by Crippen LogP contribution is -2.44. The largest absolute Gasteiger partial charge is 0.390 e. The molecule has 0 bridgehead atoms. The zero-order valence-corrected chi connectivity index (χ0v) is 12.6. The summed E-state index contributed by atoms with van der Waals surface area (Å²) in [5.74, 6) is 0. The van der Waals surface area contributed by atoms with E-state index in [1.165, 1.54) is 18.4 Å². The maximum atomic E-state index is 9.16. The van der Waals surface area contributed by atoms with Crippen molar-refractivity contribution in [3.63, 3.8) is 0 Å². The first kappa shape index (κ1) is 13.6. The maximum absolute atomic E-state index is 9.16. The van der Waals surface area contributed by atoms with Crippen LogP contribution >= 0.6 is 11.3 Å². The Morgan fingerprint density at radius 3 is 2.85 bits per heavy atom. The summed E-state index contributed by atoms with van der Waals surface area (Å²) in [4.78, 5) is 6.87. The lowest BCUT2D eigenvalue weighted by atomic mass is 9.76. The van der Waals surface area contributed by atoms with Crippen LogP contribution in [0.1, 0.15) is 31.0 Å². The van der Waals surface area contributed by atoms with Gasteiger partial charge in [-0.05, 0) is 18.4 Å². The van der Waals surface area contributed by atoms with E-state index in [1.54, 1.807) is 11.3 Å². The molecule has 0 saturated carbocycles. The Morgan fingerprint density at radius 2 is 2.15 bits per heavy atom. The lowest BCUT2D eigenvalue weighted by Gasteiger charge is -2.41. The predicted octanol–water partition coefficient (Wildman–Crippen LogP) is 3.19. The van der Waals surface area contributed by atoms with Crippen LogP contribution in [-0.4, -0.2) is 23.2 Å². The fourth-order valence-corrected chi connectivity index (χ4v) is 3.84. The Balaban J connectivity index is 1.82. The van der Waals surface area contributed by atoms with Gasteiger partial charge in [0.2, 0.25) is 0 Å². The van der Waals surface area contributed by atoms with E-state index < -0.39 is 0 Å². The van der Waals surface area contributed by atoms with Gasteiger partial charge in [-0.2, -0.15) is 0 Å². The van der Waals surface area contributed by atoms with Crippen molar-refractivity contribution in [3.8, 4) is 0 Å². The molecule has 2 aromatic rings. The average molecular weight is 288 g/mol. The summed E-state index contributed by atoms with van der Waals surface area (Å²) in [7, 11) is 0.